The molecule has 62 valence electrons. The molecule has 0 aliphatic heterocycles. The molecule has 0 radical (unpaired) electrons. The second kappa shape index (κ2) is 2.10. The second-order valence-electron chi connectivity index (χ2n) is 2.62. The van der Waals surface area contributed by atoms with Crippen LogP contribution in [0.5, 0.6) is 0 Å². The first-order chi connectivity index (χ1) is 5.68. The summed E-state index contributed by atoms with van der Waals surface area (Å²) in [4.78, 5) is 17.6. The first-order valence-corrected chi connectivity index (χ1v) is 3.49. The molecule has 5 heteroatoms. The fourth-order valence-corrected chi connectivity index (χ4v) is 1.14. The molecule has 0 amide bonds. The summed E-state index contributed by atoms with van der Waals surface area (Å²) in [6.07, 6.45) is 1.55. The minimum absolute atomic E-state index is 0.155. The molecule has 2 rings (SSSR count). The van der Waals surface area contributed by atoms with Gasteiger partial charge in [0.1, 0.15) is 5.82 Å². The maximum atomic E-state index is 11.1. The minimum Gasteiger partial charge on any atom is -0.384 e. The zero-order valence-corrected chi connectivity index (χ0v) is 6.53. The van der Waals surface area contributed by atoms with Crippen molar-refractivity contribution in [3.05, 3.63) is 22.7 Å². The van der Waals surface area contributed by atoms with Crippen molar-refractivity contribution < 1.29 is 0 Å². The number of anilines is 1. The molecule has 0 aromatic carbocycles. The average Bonchev–Trinajstić information content (AvgIpc) is 2.31. The van der Waals surface area contributed by atoms with Crippen LogP contribution < -0.4 is 11.4 Å². The minimum atomic E-state index is -0.155. The van der Waals surface area contributed by atoms with Crippen LogP contribution in [0.2, 0.25) is 0 Å². The van der Waals surface area contributed by atoms with Crippen molar-refractivity contribution in [1.82, 2.24) is 14.5 Å². The van der Waals surface area contributed by atoms with E-state index in [-0.39, 0.29) is 5.69 Å². The molecule has 0 bridgehead atoms. The van der Waals surface area contributed by atoms with Crippen molar-refractivity contribution >= 4 is 16.9 Å². The lowest BCUT2D eigenvalue weighted by atomic mass is 10.4. The number of nitrogens with zero attached hydrogens (tertiary/aromatic N) is 2. The molecule has 2 aromatic heterocycles. The van der Waals surface area contributed by atoms with Crippen LogP contribution >= 0.6 is 0 Å². The number of aromatic amines is 1. The van der Waals surface area contributed by atoms with Gasteiger partial charge in [-0.15, -0.1) is 0 Å². The zero-order valence-electron chi connectivity index (χ0n) is 6.53. The van der Waals surface area contributed by atoms with Crippen molar-refractivity contribution in [2.75, 3.05) is 5.73 Å². The fraction of sp³-hybridized carbons (Fsp3) is 0.143. The van der Waals surface area contributed by atoms with Crippen LogP contribution in [-0.2, 0) is 7.05 Å². The number of pyridine rings is 1. The van der Waals surface area contributed by atoms with E-state index in [2.05, 4.69) is 9.97 Å². The van der Waals surface area contributed by atoms with Gasteiger partial charge in [-0.1, -0.05) is 0 Å². The van der Waals surface area contributed by atoms with Gasteiger partial charge in [0.25, 0.3) is 0 Å². The number of nitrogen functional groups attached to an aromatic ring is 1. The van der Waals surface area contributed by atoms with Crippen LogP contribution in [-0.4, -0.2) is 14.5 Å². The molecule has 0 fully saturated rings. The van der Waals surface area contributed by atoms with Crippen molar-refractivity contribution in [2.45, 2.75) is 0 Å². The number of rotatable bonds is 0. The summed E-state index contributed by atoms with van der Waals surface area (Å²) in [5.41, 5.74) is 6.78. The molecule has 3 N–H and O–H groups in total. The summed E-state index contributed by atoms with van der Waals surface area (Å²) >= 11 is 0. The van der Waals surface area contributed by atoms with Crippen molar-refractivity contribution in [3.63, 3.8) is 0 Å². The van der Waals surface area contributed by atoms with Gasteiger partial charge in [0.05, 0.1) is 17.2 Å². The van der Waals surface area contributed by atoms with E-state index >= 15 is 0 Å². The molecule has 0 aliphatic rings. The molecule has 0 aliphatic carbocycles. The number of hydrogen-bond acceptors (Lipinski definition) is 3. The topological polar surface area (TPSA) is 76.7 Å². The number of aryl methyl sites for hydroxylation is 1. The van der Waals surface area contributed by atoms with E-state index in [1.807, 2.05) is 0 Å². The number of nitrogens with two attached hydrogens (primary N) is 1. The highest BCUT2D eigenvalue weighted by molar-refractivity contribution is 5.76. The quantitative estimate of drug-likeness (QED) is 0.568. The van der Waals surface area contributed by atoms with Gasteiger partial charge in [0.15, 0.2) is 0 Å². The van der Waals surface area contributed by atoms with Crippen LogP contribution in [0.1, 0.15) is 0 Å². The van der Waals surface area contributed by atoms with Crippen LogP contribution in [0, 0.1) is 0 Å². The smallest absolute Gasteiger partial charge is 0.326 e. The van der Waals surface area contributed by atoms with Gasteiger partial charge in [-0.25, -0.2) is 9.78 Å². The molecule has 2 aromatic rings. The number of hydrogen-bond donors (Lipinski definition) is 2. The Morgan fingerprint density at radius 1 is 1.67 bits per heavy atom. The molecule has 5 nitrogen and oxygen atoms in total. The van der Waals surface area contributed by atoms with Crippen molar-refractivity contribution in [1.29, 1.82) is 0 Å². The van der Waals surface area contributed by atoms with Crippen LogP contribution in [0.3, 0.4) is 0 Å². The summed E-state index contributed by atoms with van der Waals surface area (Å²) in [5, 5.41) is 0. The van der Waals surface area contributed by atoms with Gasteiger partial charge in [0.2, 0.25) is 0 Å². The number of H-pyrrole nitrogens is 1. The number of imidazole rings is 1. The lowest BCUT2D eigenvalue weighted by molar-refractivity contribution is 0.891. The SMILES string of the molecule is Cn1c(=O)[nH]c2cnc(N)cc21. The largest absolute Gasteiger partial charge is 0.384 e. The summed E-state index contributed by atoms with van der Waals surface area (Å²) in [5.74, 6) is 0.414. The highest BCUT2D eigenvalue weighted by Crippen LogP contribution is 2.09. The summed E-state index contributed by atoms with van der Waals surface area (Å²) < 4.78 is 1.49. The summed E-state index contributed by atoms with van der Waals surface area (Å²) in [6.45, 7) is 0. The van der Waals surface area contributed by atoms with E-state index in [1.165, 1.54) is 4.57 Å². The Bertz CT molecular complexity index is 482. The van der Waals surface area contributed by atoms with E-state index in [4.69, 9.17) is 5.73 Å². The highest BCUT2D eigenvalue weighted by atomic mass is 16.1. The third-order valence-electron chi connectivity index (χ3n) is 1.81. The first kappa shape index (κ1) is 6.90. The molecule has 12 heavy (non-hydrogen) atoms. The van der Waals surface area contributed by atoms with E-state index in [1.54, 1.807) is 19.3 Å². The van der Waals surface area contributed by atoms with Gasteiger partial charge in [-0.05, 0) is 0 Å². The molecular formula is C7H8N4O. The Kier molecular flexibility index (Phi) is 1.21. The number of aromatic nitrogens is 3. The maximum Gasteiger partial charge on any atom is 0.326 e. The lowest BCUT2D eigenvalue weighted by Gasteiger charge is -1.93. The van der Waals surface area contributed by atoms with Gasteiger partial charge in [-0.3, -0.25) is 4.57 Å². The van der Waals surface area contributed by atoms with Crippen molar-refractivity contribution in [3.8, 4) is 0 Å². The maximum absolute atomic E-state index is 11.1. The molecule has 0 spiro atoms. The van der Waals surface area contributed by atoms with E-state index in [0.29, 0.717) is 11.3 Å². The van der Waals surface area contributed by atoms with Crippen LogP contribution in [0.15, 0.2) is 17.1 Å². The normalized spacial score (nSPS) is 10.8. The van der Waals surface area contributed by atoms with Gasteiger partial charge < -0.3 is 10.7 Å². The standard InChI is InChI=1S/C7H8N4O/c1-11-5-2-6(8)9-3-4(5)10-7(11)12/h2-3H,1H3,(H2,8,9)(H,10,12). The predicted octanol–water partition coefficient (Wildman–Crippen LogP) is -0.156. The Balaban J connectivity index is 2.98. The van der Waals surface area contributed by atoms with E-state index < -0.39 is 0 Å². The zero-order chi connectivity index (χ0) is 8.72. The van der Waals surface area contributed by atoms with Gasteiger partial charge in [0, 0.05) is 13.1 Å². The molecule has 0 unspecified atom stereocenters. The Morgan fingerprint density at radius 2 is 2.42 bits per heavy atom. The number of fused-ring (bicyclic) bond motifs is 1. The summed E-state index contributed by atoms with van der Waals surface area (Å²) in [7, 11) is 1.68. The Labute approximate surface area is 67.8 Å². The molecule has 0 saturated carbocycles. The van der Waals surface area contributed by atoms with Crippen LogP contribution in [0.4, 0.5) is 5.82 Å². The lowest BCUT2D eigenvalue weighted by Crippen LogP contribution is -2.11. The molecular weight excluding hydrogens is 156 g/mol. The predicted molar refractivity (Wildman–Crippen MR) is 45.7 cm³/mol. The Morgan fingerprint density at radius 3 is 3.17 bits per heavy atom. The second-order valence-corrected chi connectivity index (χ2v) is 2.62. The molecule has 0 saturated heterocycles. The van der Waals surface area contributed by atoms with Crippen LogP contribution in [0.25, 0.3) is 11.0 Å². The number of nitrogens with one attached hydrogen (secondary N) is 1. The Hall–Kier alpha value is -1.78. The van der Waals surface area contributed by atoms with Gasteiger partial charge >= 0.3 is 5.69 Å². The fourth-order valence-electron chi connectivity index (χ4n) is 1.14. The third-order valence-corrected chi connectivity index (χ3v) is 1.81. The van der Waals surface area contributed by atoms with Gasteiger partial charge in [-0.2, -0.15) is 0 Å². The third kappa shape index (κ3) is 0.795. The first-order valence-electron chi connectivity index (χ1n) is 3.49. The molecule has 2 heterocycles. The monoisotopic (exact) mass is 164 g/mol. The molecule has 0 atom stereocenters. The van der Waals surface area contributed by atoms with E-state index in [9.17, 15) is 4.79 Å². The van der Waals surface area contributed by atoms with Crippen molar-refractivity contribution in [2.24, 2.45) is 7.05 Å². The van der Waals surface area contributed by atoms with E-state index in [0.717, 1.165) is 5.52 Å². The summed E-state index contributed by atoms with van der Waals surface area (Å²) in [6, 6.07) is 1.66. The average molecular weight is 164 g/mol. The highest BCUT2D eigenvalue weighted by Gasteiger charge is 2.02.